The molecule has 0 bridgehead atoms. The number of halogens is 1. The minimum Gasteiger partial charge on any atom is -0.317 e. The number of aryl methyl sites for hydroxylation is 2. The van der Waals surface area contributed by atoms with E-state index in [0.29, 0.717) is 28.8 Å². The molecule has 4 rings (SSSR count). The topological polar surface area (TPSA) is 46.9 Å². The lowest BCUT2D eigenvalue weighted by molar-refractivity contribution is 0.628. The maximum Gasteiger partial charge on any atom is 0.280 e. The second-order valence-corrected chi connectivity index (χ2v) is 6.92. The standard InChI is InChI=1S/C23H20FN3O/c1-15-3-6-17(7-4-15)14-25-27-22(18-8-10-19(24)11-9-18)26-21-13-16(2)5-12-20(21)23(27)28/h3-13,25H,14H2,1-2H3. The van der Waals surface area contributed by atoms with Crippen molar-refractivity contribution in [1.29, 1.82) is 0 Å². The minimum absolute atomic E-state index is 0.184. The molecule has 0 saturated heterocycles. The van der Waals surface area contributed by atoms with E-state index in [-0.39, 0.29) is 11.4 Å². The number of fused-ring (bicyclic) bond motifs is 1. The molecule has 0 aliphatic rings. The van der Waals surface area contributed by atoms with Crippen LogP contribution in [-0.2, 0) is 6.54 Å². The highest BCUT2D eigenvalue weighted by Gasteiger charge is 2.13. The lowest BCUT2D eigenvalue weighted by atomic mass is 10.1. The van der Waals surface area contributed by atoms with Crippen LogP contribution in [0.2, 0.25) is 0 Å². The Morgan fingerprint density at radius 3 is 2.32 bits per heavy atom. The van der Waals surface area contributed by atoms with Gasteiger partial charge in [-0.05, 0) is 61.4 Å². The predicted molar refractivity (Wildman–Crippen MR) is 110 cm³/mol. The Morgan fingerprint density at radius 1 is 0.929 bits per heavy atom. The van der Waals surface area contributed by atoms with Crippen molar-refractivity contribution < 1.29 is 4.39 Å². The van der Waals surface area contributed by atoms with Crippen LogP contribution in [0.15, 0.2) is 71.5 Å². The van der Waals surface area contributed by atoms with Gasteiger partial charge in [0.15, 0.2) is 5.82 Å². The highest BCUT2D eigenvalue weighted by molar-refractivity contribution is 5.80. The van der Waals surface area contributed by atoms with Gasteiger partial charge in [0.2, 0.25) is 0 Å². The third kappa shape index (κ3) is 3.51. The number of nitrogens with one attached hydrogen (secondary N) is 1. The van der Waals surface area contributed by atoms with Crippen LogP contribution in [0.25, 0.3) is 22.3 Å². The molecule has 1 N–H and O–H groups in total. The summed E-state index contributed by atoms with van der Waals surface area (Å²) in [4.78, 5) is 17.9. The van der Waals surface area contributed by atoms with Crippen LogP contribution >= 0.6 is 0 Å². The average molecular weight is 373 g/mol. The summed E-state index contributed by atoms with van der Waals surface area (Å²) in [6.07, 6.45) is 0. The lowest BCUT2D eigenvalue weighted by Crippen LogP contribution is -2.31. The van der Waals surface area contributed by atoms with Crippen molar-refractivity contribution in [3.8, 4) is 11.4 Å². The van der Waals surface area contributed by atoms with E-state index in [0.717, 1.165) is 11.1 Å². The van der Waals surface area contributed by atoms with Crippen molar-refractivity contribution in [1.82, 2.24) is 9.66 Å². The summed E-state index contributed by atoms with van der Waals surface area (Å²) in [6, 6.07) is 19.7. The van der Waals surface area contributed by atoms with Crippen molar-refractivity contribution in [2.24, 2.45) is 0 Å². The molecule has 0 unspecified atom stereocenters. The zero-order valence-electron chi connectivity index (χ0n) is 15.7. The molecule has 28 heavy (non-hydrogen) atoms. The van der Waals surface area contributed by atoms with Crippen molar-refractivity contribution >= 4 is 10.9 Å². The van der Waals surface area contributed by atoms with Gasteiger partial charge in [0, 0.05) is 5.56 Å². The number of benzene rings is 3. The molecule has 1 aromatic heterocycles. The van der Waals surface area contributed by atoms with Crippen LogP contribution in [0.4, 0.5) is 4.39 Å². The van der Waals surface area contributed by atoms with Gasteiger partial charge < -0.3 is 5.43 Å². The van der Waals surface area contributed by atoms with Crippen molar-refractivity contribution in [2.45, 2.75) is 20.4 Å². The zero-order valence-corrected chi connectivity index (χ0v) is 15.7. The van der Waals surface area contributed by atoms with E-state index in [1.165, 1.54) is 22.4 Å². The van der Waals surface area contributed by atoms with Crippen LogP contribution < -0.4 is 11.0 Å². The number of rotatable bonds is 4. The van der Waals surface area contributed by atoms with Gasteiger partial charge in [-0.1, -0.05) is 35.9 Å². The van der Waals surface area contributed by atoms with Crippen LogP contribution in [-0.4, -0.2) is 9.66 Å². The highest BCUT2D eigenvalue weighted by atomic mass is 19.1. The Balaban J connectivity index is 1.84. The predicted octanol–water partition coefficient (Wildman–Crippen LogP) is 4.56. The first-order valence-corrected chi connectivity index (χ1v) is 9.10. The molecule has 4 aromatic rings. The van der Waals surface area contributed by atoms with Crippen molar-refractivity contribution in [3.05, 3.63) is 99.6 Å². The fourth-order valence-corrected chi connectivity index (χ4v) is 3.11. The highest BCUT2D eigenvalue weighted by Crippen LogP contribution is 2.19. The van der Waals surface area contributed by atoms with Gasteiger partial charge in [0.25, 0.3) is 5.56 Å². The SMILES string of the molecule is Cc1ccc(CNn2c(-c3ccc(F)cc3)nc3cc(C)ccc3c2=O)cc1. The quantitative estimate of drug-likeness (QED) is 0.570. The van der Waals surface area contributed by atoms with Gasteiger partial charge in [0.1, 0.15) is 5.82 Å². The second kappa shape index (κ2) is 7.27. The number of hydrogen-bond donors (Lipinski definition) is 1. The second-order valence-electron chi connectivity index (χ2n) is 6.92. The van der Waals surface area contributed by atoms with Crippen LogP contribution in [0.3, 0.4) is 0 Å². The lowest BCUT2D eigenvalue weighted by Gasteiger charge is -2.16. The van der Waals surface area contributed by atoms with Gasteiger partial charge >= 0.3 is 0 Å². The molecule has 3 aromatic carbocycles. The van der Waals surface area contributed by atoms with E-state index in [9.17, 15) is 9.18 Å². The Kier molecular flexibility index (Phi) is 4.65. The van der Waals surface area contributed by atoms with Crippen molar-refractivity contribution in [2.75, 3.05) is 5.43 Å². The first-order valence-electron chi connectivity index (χ1n) is 9.10. The Bertz CT molecular complexity index is 1200. The number of hydrogen-bond acceptors (Lipinski definition) is 3. The van der Waals surface area contributed by atoms with E-state index >= 15 is 0 Å². The monoisotopic (exact) mass is 373 g/mol. The largest absolute Gasteiger partial charge is 0.317 e. The number of aromatic nitrogens is 2. The van der Waals surface area contributed by atoms with Gasteiger partial charge in [-0.15, -0.1) is 0 Å². The average Bonchev–Trinajstić information content (AvgIpc) is 2.69. The summed E-state index contributed by atoms with van der Waals surface area (Å²) in [7, 11) is 0. The summed E-state index contributed by atoms with van der Waals surface area (Å²) in [5.74, 6) is 0.122. The molecule has 4 nitrogen and oxygen atoms in total. The van der Waals surface area contributed by atoms with E-state index in [4.69, 9.17) is 4.98 Å². The fraction of sp³-hybridized carbons (Fsp3) is 0.130. The van der Waals surface area contributed by atoms with Crippen LogP contribution in [0.1, 0.15) is 16.7 Å². The molecule has 140 valence electrons. The Hall–Kier alpha value is -3.47. The Morgan fingerprint density at radius 2 is 1.61 bits per heavy atom. The molecule has 0 saturated carbocycles. The Labute approximate surface area is 162 Å². The number of nitrogens with zero attached hydrogens (tertiary/aromatic N) is 2. The minimum atomic E-state index is -0.332. The molecule has 5 heteroatoms. The smallest absolute Gasteiger partial charge is 0.280 e. The summed E-state index contributed by atoms with van der Waals surface area (Å²) >= 11 is 0. The maximum atomic E-state index is 13.4. The zero-order chi connectivity index (χ0) is 19.7. The summed E-state index contributed by atoms with van der Waals surface area (Å²) in [5.41, 5.74) is 7.54. The normalized spacial score (nSPS) is 11.0. The maximum absolute atomic E-state index is 13.4. The van der Waals surface area contributed by atoms with E-state index in [1.54, 1.807) is 18.2 Å². The third-order valence-corrected chi connectivity index (χ3v) is 4.69. The van der Waals surface area contributed by atoms with Gasteiger partial charge in [-0.25, -0.2) is 14.1 Å². The van der Waals surface area contributed by atoms with Gasteiger partial charge in [-0.2, -0.15) is 0 Å². The molecule has 0 atom stereocenters. The molecular formula is C23H20FN3O. The van der Waals surface area contributed by atoms with Gasteiger partial charge in [-0.3, -0.25) is 4.79 Å². The van der Waals surface area contributed by atoms with Crippen LogP contribution in [0.5, 0.6) is 0 Å². The third-order valence-electron chi connectivity index (χ3n) is 4.69. The molecule has 0 fully saturated rings. The molecule has 1 heterocycles. The first-order chi connectivity index (χ1) is 13.5. The molecular weight excluding hydrogens is 353 g/mol. The molecule has 0 aliphatic carbocycles. The first kappa shape index (κ1) is 17.9. The van der Waals surface area contributed by atoms with E-state index in [2.05, 4.69) is 5.43 Å². The van der Waals surface area contributed by atoms with Gasteiger partial charge in [0.05, 0.1) is 17.4 Å². The molecule has 0 amide bonds. The van der Waals surface area contributed by atoms with E-state index < -0.39 is 0 Å². The summed E-state index contributed by atoms with van der Waals surface area (Å²) in [6.45, 7) is 4.46. The van der Waals surface area contributed by atoms with Crippen LogP contribution in [0, 0.1) is 19.7 Å². The molecule has 0 aliphatic heterocycles. The summed E-state index contributed by atoms with van der Waals surface area (Å²) in [5, 5.41) is 0.535. The summed E-state index contributed by atoms with van der Waals surface area (Å²) < 4.78 is 14.8. The molecule has 0 spiro atoms. The van der Waals surface area contributed by atoms with Crippen molar-refractivity contribution in [3.63, 3.8) is 0 Å². The molecule has 0 radical (unpaired) electrons. The fourth-order valence-electron chi connectivity index (χ4n) is 3.11. The van der Waals surface area contributed by atoms with E-state index in [1.807, 2.05) is 50.2 Å².